The minimum atomic E-state index is -0.760. The average molecular weight is 925 g/mol. The van der Waals surface area contributed by atoms with E-state index in [-0.39, 0.29) is 0 Å². The second-order valence-corrected chi connectivity index (χ2v) is 16.3. The van der Waals surface area contributed by atoms with Gasteiger partial charge in [-0.2, -0.15) is 0 Å². The molecule has 1 aliphatic heterocycles. The molecule has 69 heavy (non-hydrogen) atoms. The van der Waals surface area contributed by atoms with Crippen molar-refractivity contribution in [2.45, 2.75) is 41.5 Å². The Bertz CT molecular complexity index is 2430. The summed E-state index contributed by atoms with van der Waals surface area (Å²) in [6.45, 7) is 17.9. The standard InChI is InChI=1S/C54H63B3N6O6/c1-10-61(11-2)49-28-25-40-37-58-46-22-17-20-44(32-46)56(65-8)68-54-36-51(63(14-5)15-6)30-27-42(54)39-60-48-24-18-21-45(33-48)57(66-9)69-53-35-50(62(12-3)13-4)29-26-41(53)38-59-47-23-16-19-43(31-47)55(64-7)67-52(40)34-49/h16-39H,10-15H2,1-9H3. The lowest BCUT2D eigenvalue weighted by Crippen LogP contribution is -2.39. The van der Waals surface area contributed by atoms with Crippen LogP contribution in [0.3, 0.4) is 0 Å². The van der Waals surface area contributed by atoms with E-state index in [2.05, 4.69) is 74.4 Å². The lowest BCUT2D eigenvalue weighted by atomic mass is 9.78. The highest BCUT2D eigenvalue weighted by molar-refractivity contribution is 6.63. The number of anilines is 3. The number of hydrogen-bond donors (Lipinski definition) is 0. The summed E-state index contributed by atoms with van der Waals surface area (Å²) in [6.07, 6.45) is 5.46. The van der Waals surface area contributed by atoms with E-state index in [0.717, 1.165) is 89.4 Å². The Labute approximate surface area is 410 Å². The van der Waals surface area contributed by atoms with Gasteiger partial charge in [-0.1, -0.05) is 36.4 Å². The zero-order valence-corrected chi connectivity index (χ0v) is 41.5. The molecular weight excluding hydrogens is 861 g/mol. The molecule has 7 rings (SSSR count). The van der Waals surface area contributed by atoms with Crippen molar-refractivity contribution in [3.8, 4) is 17.2 Å². The fourth-order valence-electron chi connectivity index (χ4n) is 8.34. The monoisotopic (exact) mass is 925 g/mol. The molecule has 0 radical (unpaired) electrons. The molecule has 0 amide bonds. The van der Waals surface area contributed by atoms with Crippen molar-refractivity contribution in [3.63, 3.8) is 0 Å². The molecule has 0 unspecified atom stereocenters. The molecule has 1 heterocycles. The van der Waals surface area contributed by atoms with Gasteiger partial charge in [0.1, 0.15) is 17.2 Å². The van der Waals surface area contributed by atoms with Crippen LogP contribution in [0.25, 0.3) is 0 Å². The van der Waals surface area contributed by atoms with Crippen LogP contribution in [0.2, 0.25) is 0 Å². The van der Waals surface area contributed by atoms with Gasteiger partial charge in [-0.05, 0) is 131 Å². The molecule has 0 saturated heterocycles. The molecule has 0 saturated carbocycles. The van der Waals surface area contributed by atoms with Crippen LogP contribution in [0, 0.1) is 0 Å². The van der Waals surface area contributed by atoms with Crippen molar-refractivity contribution in [3.05, 3.63) is 144 Å². The Morgan fingerprint density at radius 2 is 0.652 bits per heavy atom. The van der Waals surface area contributed by atoms with Gasteiger partial charge >= 0.3 is 21.4 Å². The van der Waals surface area contributed by atoms with Crippen molar-refractivity contribution >= 4 is 90.5 Å². The summed E-state index contributed by atoms with van der Waals surface area (Å²) in [5.74, 6) is 1.85. The van der Waals surface area contributed by atoms with Crippen molar-refractivity contribution in [1.82, 2.24) is 0 Å². The molecule has 6 bridgehead atoms. The number of fused-ring (bicyclic) bond motifs is 9. The third-order valence-corrected chi connectivity index (χ3v) is 12.2. The van der Waals surface area contributed by atoms with E-state index in [1.54, 1.807) is 21.3 Å². The van der Waals surface area contributed by atoms with Crippen molar-refractivity contribution in [2.75, 3.05) is 75.3 Å². The van der Waals surface area contributed by atoms with E-state index < -0.39 is 21.4 Å². The van der Waals surface area contributed by atoms with Crippen LogP contribution in [-0.2, 0) is 14.0 Å². The number of hydrogen-bond acceptors (Lipinski definition) is 12. The minimum absolute atomic E-state index is 0.616. The smallest absolute Gasteiger partial charge is 0.532 e. The first kappa shape index (κ1) is 50.1. The lowest BCUT2D eigenvalue weighted by molar-refractivity contribution is 0.348. The van der Waals surface area contributed by atoms with Crippen LogP contribution in [0.1, 0.15) is 58.2 Å². The summed E-state index contributed by atoms with van der Waals surface area (Å²) in [5, 5.41) is 0. The van der Waals surface area contributed by atoms with E-state index >= 15 is 0 Å². The Kier molecular flexibility index (Phi) is 17.8. The van der Waals surface area contributed by atoms with E-state index in [4.69, 9.17) is 42.9 Å². The second-order valence-electron chi connectivity index (χ2n) is 16.3. The van der Waals surface area contributed by atoms with Gasteiger partial charge in [0.15, 0.2) is 0 Å². The van der Waals surface area contributed by atoms with Crippen LogP contribution in [0.4, 0.5) is 34.1 Å². The molecule has 354 valence electrons. The highest BCUT2D eigenvalue weighted by atomic mass is 16.6. The first-order valence-electron chi connectivity index (χ1n) is 23.9. The fraction of sp³-hybridized carbons (Fsp3) is 0.278. The predicted molar refractivity (Wildman–Crippen MR) is 290 cm³/mol. The molecular formula is C54H63B3N6O6. The first-order valence-corrected chi connectivity index (χ1v) is 23.9. The lowest BCUT2D eigenvalue weighted by Gasteiger charge is -2.23. The summed E-state index contributed by atoms with van der Waals surface area (Å²) < 4.78 is 38.5. The Morgan fingerprint density at radius 1 is 0.377 bits per heavy atom. The molecule has 6 aromatic carbocycles. The van der Waals surface area contributed by atoms with Gasteiger partial charge in [0, 0.05) is 131 Å². The fourth-order valence-corrected chi connectivity index (χ4v) is 8.34. The van der Waals surface area contributed by atoms with Gasteiger partial charge in [0.2, 0.25) is 0 Å². The summed E-state index contributed by atoms with van der Waals surface area (Å²) in [7, 11) is 2.64. The van der Waals surface area contributed by atoms with Crippen molar-refractivity contribution in [2.24, 2.45) is 15.0 Å². The number of rotatable bonds is 12. The quantitative estimate of drug-likeness (QED) is 0.111. The molecule has 12 nitrogen and oxygen atoms in total. The molecule has 1 aliphatic rings. The van der Waals surface area contributed by atoms with Crippen LogP contribution in [0.5, 0.6) is 17.2 Å². The average Bonchev–Trinajstić information content (AvgIpc) is 3.39. The molecule has 0 N–H and O–H groups in total. The van der Waals surface area contributed by atoms with Gasteiger partial charge < -0.3 is 42.6 Å². The maximum atomic E-state index is 6.77. The molecule has 0 aromatic heterocycles. The van der Waals surface area contributed by atoms with Crippen molar-refractivity contribution in [1.29, 1.82) is 0 Å². The molecule has 0 atom stereocenters. The number of benzene rings is 6. The summed E-state index contributed by atoms with van der Waals surface area (Å²) in [6, 6.07) is 42.1. The maximum Gasteiger partial charge on any atom is 0.562 e. The zero-order chi connectivity index (χ0) is 48.7. The molecule has 6 aromatic rings. The van der Waals surface area contributed by atoms with E-state index in [0.29, 0.717) is 34.3 Å². The van der Waals surface area contributed by atoms with Crippen LogP contribution >= 0.6 is 0 Å². The maximum absolute atomic E-state index is 6.77. The van der Waals surface area contributed by atoms with E-state index in [9.17, 15) is 0 Å². The molecule has 0 aliphatic carbocycles. The second kappa shape index (κ2) is 24.5. The molecule has 0 fully saturated rings. The highest BCUT2D eigenvalue weighted by Crippen LogP contribution is 2.30. The topological polar surface area (TPSA) is 102 Å². The van der Waals surface area contributed by atoms with Gasteiger partial charge in [-0.15, -0.1) is 0 Å². The van der Waals surface area contributed by atoms with E-state index in [1.807, 2.05) is 128 Å². The van der Waals surface area contributed by atoms with Gasteiger partial charge in [-0.25, -0.2) is 0 Å². The Hall–Kier alpha value is -6.80. The van der Waals surface area contributed by atoms with Crippen LogP contribution in [-0.4, -0.2) is 101 Å². The highest BCUT2D eigenvalue weighted by Gasteiger charge is 2.27. The Morgan fingerprint density at radius 3 is 0.899 bits per heavy atom. The summed E-state index contributed by atoms with van der Waals surface area (Å²) in [5.41, 5.74) is 9.94. The third-order valence-electron chi connectivity index (χ3n) is 12.2. The minimum Gasteiger partial charge on any atom is -0.532 e. The number of aliphatic imine (C=N–C) groups is 3. The SMILES string of the molecule is CCN(CC)c1ccc2c(c1)OB(OC)c1cccc(c1)N=Cc1ccc(N(CC)CC)cc1OB(OC)c1cccc(c1)N=Cc1ccc(N(CC)CC)cc1OB(OC)c1cccc(c1)N=C2. The summed E-state index contributed by atoms with van der Waals surface area (Å²) >= 11 is 0. The third kappa shape index (κ3) is 12.5. The Balaban J connectivity index is 1.37. The first-order chi connectivity index (χ1) is 33.7. The van der Waals surface area contributed by atoms with Gasteiger partial charge in [-0.3, -0.25) is 15.0 Å². The van der Waals surface area contributed by atoms with Gasteiger partial charge in [0.05, 0.1) is 17.1 Å². The zero-order valence-electron chi connectivity index (χ0n) is 41.5. The van der Waals surface area contributed by atoms with E-state index in [1.165, 1.54) is 0 Å². The summed E-state index contributed by atoms with van der Waals surface area (Å²) in [4.78, 5) is 21.7. The van der Waals surface area contributed by atoms with Gasteiger partial charge in [0.25, 0.3) is 0 Å². The largest absolute Gasteiger partial charge is 0.562 e. The normalized spacial score (nSPS) is 12.7. The molecule has 0 spiro atoms. The molecule has 15 heteroatoms. The van der Waals surface area contributed by atoms with Crippen molar-refractivity contribution < 1.29 is 27.9 Å². The predicted octanol–water partition coefficient (Wildman–Crippen LogP) is 9.05. The van der Waals surface area contributed by atoms with Crippen LogP contribution < -0.4 is 45.1 Å². The van der Waals surface area contributed by atoms with Crippen LogP contribution in [0.15, 0.2) is 142 Å². The number of nitrogens with zero attached hydrogens (tertiary/aromatic N) is 6.